The molecule has 1 aliphatic carbocycles. The van der Waals surface area contributed by atoms with E-state index in [0.717, 1.165) is 23.9 Å². The second-order valence-electron chi connectivity index (χ2n) is 6.54. The van der Waals surface area contributed by atoms with Gasteiger partial charge in [0.05, 0.1) is 10.2 Å². The highest BCUT2D eigenvalue weighted by Crippen LogP contribution is 2.37. The normalized spacial score (nSPS) is 24.3. The molecule has 3 atom stereocenters. The van der Waals surface area contributed by atoms with Gasteiger partial charge in [0, 0.05) is 12.2 Å². The summed E-state index contributed by atoms with van der Waals surface area (Å²) in [6.45, 7) is 5.75. The molecule has 3 rings (SSSR count). The zero-order valence-corrected chi connectivity index (χ0v) is 14.0. The van der Waals surface area contributed by atoms with Crippen LogP contribution < -0.4 is 5.32 Å². The van der Waals surface area contributed by atoms with E-state index in [9.17, 15) is 0 Å². The molecule has 1 N–H and O–H groups in total. The Hall–Kier alpha value is -0.930. The van der Waals surface area contributed by atoms with E-state index in [4.69, 9.17) is 0 Å². The molecule has 1 fully saturated rings. The molecule has 1 aliphatic rings. The molecule has 2 nitrogen and oxygen atoms in total. The fraction of sp³-hybridized carbons (Fsp3) is 0.611. The Labute approximate surface area is 132 Å². The van der Waals surface area contributed by atoms with Gasteiger partial charge in [0.1, 0.15) is 0 Å². The summed E-state index contributed by atoms with van der Waals surface area (Å²) in [7, 11) is 0. The Balaban J connectivity index is 1.86. The Morgan fingerprint density at radius 1 is 1.43 bits per heavy atom. The lowest BCUT2D eigenvalue weighted by molar-refractivity contribution is 0.223. The Morgan fingerprint density at radius 2 is 2.33 bits per heavy atom. The minimum Gasteiger partial charge on any atom is -0.310 e. The molecule has 3 heteroatoms. The van der Waals surface area contributed by atoms with Crippen LogP contribution in [0.25, 0.3) is 10.2 Å². The van der Waals surface area contributed by atoms with Crippen molar-refractivity contribution in [2.24, 2.45) is 11.8 Å². The highest BCUT2D eigenvalue weighted by Gasteiger charge is 2.27. The van der Waals surface area contributed by atoms with E-state index >= 15 is 0 Å². The van der Waals surface area contributed by atoms with Crippen molar-refractivity contribution in [1.29, 1.82) is 0 Å². The fourth-order valence-corrected chi connectivity index (χ4v) is 4.46. The van der Waals surface area contributed by atoms with Gasteiger partial charge in [-0.1, -0.05) is 26.7 Å². The molecule has 0 amide bonds. The smallest absolute Gasteiger partial charge is 0.0809 e. The third-order valence-electron chi connectivity index (χ3n) is 4.75. The van der Waals surface area contributed by atoms with Gasteiger partial charge in [0.2, 0.25) is 0 Å². The van der Waals surface area contributed by atoms with Crippen LogP contribution in [0.3, 0.4) is 0 Å². The van der Waals surface area contributed by atoms with Crippen molar-refractivity contribution in [2.75, 3.05) is 6.54 Å². The van der Waals surface area contributed by atoms with E-state index in [1.54, 1.807) is 11.3 Å². The van der Waals surface area contributed by atoms with Crippen LogP contribution in [-0.4, -0.2) is 11.5 Å². The maximum absolute atomic E-state index is 4.65. The number of hydrogen-bond acceptors (Lipinski definition) is 3. The molecule has 2 aromatic heterocycles. The summed E-state index contributed by atoms with van der Waals surface area (Å²) in [6, 6.07) is 4.95. The first-order valence-electron chi connectivity index (χ1n) is 8.34. The number of pyridine rings is 1. The third kappa shape index (κ3) is 3.46. The lowest BCUT2D eigenvalue weighted by Crippen LogP contribution is -2.32. The monoisotopic (exact) mass is 302 g/mol. The Bertz CT molecular complexity index is 577. The number of hydrogen-bond donors (Lipinski definition) is 1. The van der Waals surface area contributed by atoms with Gasteiger partial charge in [-0.3, -0.25) is 4.98 Å². The van der Waals surface area contributed by atoms with Crippen LogP contribution >= 0.6 is 11.3 Å². The average molecular weight is 302 g/mol. The van der Waals surface area contributed by atoms with Crippen molar-refractivity contribution in [3.05, 3.63) is 29.3 Å². The van der Waals surface area contributed by atoms with E-state index in [1.807, 2.05) is 0 Å². The minimum absolute atomic E-state index is 0.478. The molecule has 2 aromatic rings. The zero-order chi connectivity index (χ0) is 14.7. The number of aromatic nitrogens is 1. The topological polar surface area (TPSA) is 24.9 Å². The van der Waals surface area contributed by atoms with Gasteiger partial charge in [0.25, 0.3) is 0 Å². The first kappa shape index (κ1) is 15.0. The van der Waals surface area contributed by atoms with Gasteiger partial charge in [0.15, 0.2) is 0 Å². The molecule has 114 valence electrons. The Morgan fingerprint density at radius 3 is 3.14 bits per heavy atom. The maximum Gasteiger partial charge on any atom is 0.0809 e. The van der Waals surface area contributed by atoms with Gasteiger partial charge in [-0.05, 0) is 60.7 Å². The molecule has 0 radical (unpaired) electrons. The third-order valence-corrected chi connectivity index (χ3v) is 5.60. The molecule has 3 unspecified atom stereocenters. The lowest BCUT2D eigenvalue weighted by atomic mass is 9.77. The number of nitrogens with zero attached hydrogens (tertiary/aromatic N) is 1. The number of thiophene rings is 1. The van der Waals surface area contributed by atoms with Crippen molar-refractivity contribution in [2.45, 2.75) is 52.0 Å². The summed E-state index contributed by atoms with van der Waals surface area (Å²) in [6.07, 6.45) is 8.77. The molecule has 0 aliphatic heterocycles. The van der Waals surface area contributed by atoms with Gasteiger partial charge in [-0.2, -0.15) is 0 Å². The predicted molar refractivity (Wildman–Crippen MR) is 91.8 cm³/mol. The maximum atomic E-state index is 4.65. The molecule has 0 aromatic carbocycles. The summed E-state index contributed by atoms with van der Waals surface area (Å²) >= 11 is 1.80. The number of rotatable bonds is 5. The summed E-state index contributed by atoms with van der Waals surface area (Å²) in [4.78, 5) is 4.65. The van der Waals surface area contributed by atoms with Crippen molar-refractivity contribution in [3.8, 4) is 0 Å². The van der Waals surface area contributed by atoms with Crippen molar-refractivity contribution < 1.29 is 0 Å². The van der Waals surface area contributed by atoms with E-state index in [1.165, 1.54) is 42.4 Å². The number of fused-ring (bicyclic) bond motifs is 1. The largest absolute Gasteiger partial charge is 0.310 e. The van der Waals surface area contributed by atoms with Crippen LogP contribution in [0.1, 0.15) is 57.6 Å². The molecule has 0 saturated heterocycles. The standard InChI is InChI=1S/C18H26N2S/c1-3-8-19-18(14-6-4-5-13(2)10-14)15-11-17-16(20-12-15)7-9-21-17/h7,9,11-14,18-19H,3-6,8,10H2,1-2H3. The van der Waals surface area contributed by atoms with Crippen LogP contribution in [0.15, 0.2) is 23.7 Å². The average Bonchev–Trinajstić information content (AvgIpc) is 2.95. The van der Waals surface area contributed by atoms with E-state index < -0.39 is 0 Å². The van der Waals surface area contributed by atoms with E-state index in [-0.39, 0.29) is 0 Å². The van der Waals surface area contributed by atoms with Gasteiger partial charge >= 0.3 is 0 Å². The van der Waals surface area contributed by atoms with E-state index in [2.05, 4.69) is 47.9 Å². The van der Waals surface area contributed by atoms with Gasteiger partial charge < -0.3 is 5.32 Å². The molecular weight excluding hydrogens is 276 g/mol. The lowest BCUT2D eigenvalue weighted by Gasteiger charge is -2.34. The second-order valence-corrected chi connectivity index (χ2v) is 7.48. The summed E-state index contributed by atoms with van der Waals surface area (Å²) in [5.74, 6) is 1.63. The minimum atomic E-state index is 0.478. The first-order valence-corrected chi connectivity index (χ1v) is 9.22. The summed E-state index contributed by atoms with van der Waals surface area (Å²) < 4.78 is 1.32. The Kier molecular flexibility index (Phi) is 4.91. The van der Waals surface area contributed by atoms with Crippen molar-refractivity contribution in [3.63, 3.8) is 0 Å². The van der Waals surface area contributed by atoms with Gasteiger partial charge in [-0.15, -0.1) is 11.3 Å². The van der Waals surface area contributed by atoms with Crippen LogP contribution in [0.4, 0.5) is 0 Å². The molecular formula is C18H26N2S. The quantitative estimate of drug-likeness (QED) is 0.825. The fourth-order valence-electron chi connectivity index (χ4n) is 3.67. The summed E-state index contributed by atoms with van der Waals surface area (Å²) in [5.41, 5.74) is 2.52. The van der Waals surface area contributed by atoms with Gasteiger partial charge in [-0.25, -0.2) is 0 Å². The summed E-state index contributed by atoms with van der Waals surface area (Å²) in [5, 5.41) is 5.93. The first-order chi connectivity index (χ1) is 10.3. The molecule has 2 heterocycles. The molecule has 21 heavy (non-hydrogen) atoms. The number of nitrogens with one attached hydrogen (secondary N) is 1. The van der Waals surface area contributed by atoms with Crippen molar-refractivity contribution in [1.82, 2.24) is 10.3 Å². The molecule has 0 bridgehead atoms. The molecule has 1 saturated carbocycles. The van der Waals surface area contributed by atoms with Crippen LogP contribution in [0.2, 0.25) is 0 Å². The SMILES string of the molecule is CCCNC(c1cnc2ccsc2c1)C1CCCC(C)C1. The van der Waals surface area contributed by atoms with Crippen LogP contribution in [0, 0.1) is 11.8 Å². The van der Waals surface area contributed by atoms with Crippen LogP contribution in [0.5, 0.6) is 0 Å². The van der Waals surface area contributed by atoms with Crippen molar-refractivity contribution >= 4 is 21.6 Å². The van der Waals surface area contributed by atoms with Crippen LogP contribution in [-0.2, 0) is 0 Å². The predicted octanol–water partition coefficient (Wildman–Crippen LogP) is 5.16. The molecule has 0 spiro atoms. The zero-order valence-electron chi connectivity index (χ0n) is 13.1. The second kappa shape index (κ2) is 6.89. The highest BCUT2D eigenvalue weighted by molar-refractivity contribution is 7.17. The highest BCUT2D eigenvalue weighted by atomic mass is 32.1. The van der Waals surface area contributed by atoms with E-state index in [0.29, 0.717) is 6.04 Å².